The van der Waals surface area contributed by atoms with Crippen molar-refractivity contribution in [2.45, 2.75) is 29.9 Å². The standard InChI is InChI=1S/C18H14F5NO5S/c1-10(15(25)24-14-5-3-2-4-13(14)18(21,22)23)29-16(26)11-6-8-12(9-7-11)30(27,28)17(19)20/h2-10,17H,1H3,(H,24,25). The topological polar surface area (TPSA) is 89.5 Å². The number of carbonyl (C=O) groups is 2. The van der Waals surface area contributed by atoms with Gasteiger partial charge in [-0.3, -0.25) is 4.79 Å². The van der Waals surface area contributed by atoms with Gasteiger partial charge in [0.15, 0.2) is 6.10 Å². The molecule has 2 rings (SSSR count). The fourth-order valence-electron chi connectivity index (χ4n) is 2.24. The van der Waals surface area contributed by atoms with E-state index in [1.165, 1.54) is 6.07 Å². The van der Waals surface area contributed by atoms with Crippen molar-refractivity contribution in [3.8, 4) is 0 Å². The Morgan fingerprint density at radius 2 is 1.57 bits per heavy atom. The summed E-state index contributed by atoms with van der Waals surface area (Å²) >= 11 is 0. The van der Waals surface area contributed by atoms with Crippen molar-refractivity contribution >= 4 is 27.4 Å². The Hall–Kier alpha value is -3.02. The SMILES string of the molecule is CC(OC(=O)c1ccc(S(=O)(=O)C(F)F)cc1)C(=O)Nc1ccccc1C(F)(F)F. The molecule has 2 aromatic carbocycles. The highest BCUT2D eigenvalue weighted by atomic mass is 32.2. The molecule has 1 N–H and O–H groups in total. The second-order valence-electron chi connectivity index (χ2n) is 5.91. The molecule has 0 aliphatic rings. The molecule has 1 unspecified atom stereocenters. The molecule has 0 aliphatic carbocycles. The molecule has 0 aliphatic heterocycles. The van der Waals surface area contributed by atoms with E-state index >= 15 is 0 Å². The predicted octanol–water partition coefficient (Wildman–Crippen LogP) is 3.89. The lowest BCUT2D eigenvalue weighted by atomic mass is 10.1. The normalized spacial score (nSPS) is 13.0. The molecule has 0 heterocycles. The molecule has 0 radical (unpaired) electrons. The molecule has 0 fully saturated rings. The minimum Gasteiger partial charge on any atom is -0.449 e. The first-order valence-electron chi connectivity index (χ1n) is 8.14. The molecule has 162 valence electrons. The van der Waals surface area contributed by atoms with Gasteiger partial charge in [-0.2, -0.15) is 22.0 Å². The lowest BCUT2D eigenvalue weighted by Gasteiger charge is -2.17. The third-order valence-corrected chi connectivity index (χ3v) is 5.19. The number of carbonyl (C=O) groups excluding carboxylic acids is 2. The Morgan fingerprint density at radius 3 is 2.10 bits per heavy atom. The lowest BCUT2D eigenvalue weighted by molar-refractivity contribution is -0.137. The highest BCUT2D eigenvalue weighted by Crippen LogP contribution is 2.34. The number of para-hydroxylation sites is 1. The van der Waals surface area contributed by atoms with Gasteiger partial charge in [0.25, 0.3) is 5.91 Å². The summed E-state index contributed by atoms with van der Waals surface area (Å²) in [6, 6.07) is 7.54. The van der Waals surface area contributed by atoms with Crippen molar-refractivity contribution in [3.05, 3.63) is 59.7 Å². The largest absolute Gasteiger partial charge is 0.449 e. The van der Waals surface area contributed by atoms with Gasteiger partial charge in [0.05, 0.1) is 21.7 Å². The van der Waals surface area contributed by atoms with Crippen molar-refractivity contribution in [3.63, 3.8) is 0 Å². The number of anilines is 1. The van der Waals surface area contributed by atoms with Crippen LogP contribution in [0.15, 0.2) is 53.4 Å². The van der Waals surface area contributed by atoms with Crippen LogP contribution in [0.1, 0.15) is 22.8 Å². The summed E-state index contributed by atoms with van der Waals surface area (Å²) in [5.41, 5.74) is -1.87. The van der Waals surface area contributed by atoms with Crippen LogP contribution in [0.25, 0.3) is 0 Å². The van der Waals surface area contributed by atoms with Crippen molar-refractivity contribution in [2.75, 3.05) is 5.32 Å². The molecule has 12 heteroatoms. The van der Waals surface area contributed by atoms with Crippen molar-refractivity contribution in [2.24, 2.45) is 0 Å². The molecule has 6 nitrogen and oxygen atoms in total. The zero-order valence-corrected chi connectivity index (χ0v) is 15.9. The number of rotatable bonds is 6. The first-order chi connectivity index (χ1) is 13.8. The summed E-state index contributed by atoms with van der Waals surface area (Å²) in [4.78, 5) is 23.4. The van der Waals surface area contributed by atoms with Gasteiger partial charge < -0.3 is 10.1 Å². The van der Waals surface area contributed by atoms with E-state index in [1.807, 2.05) is 5.32 Å². The Bertz CT molecular complexity index is 1040. The van der Waals surface area contributed by atoms with Gasteiger partial charge in [-0.25, -0.2) is 13.2 Å². The van der Waals surface area contributed by atoms with Crippen LogP contribution in [0.4, 0.5) is 27.6 Å². The highest BCUT2D eigenvalue weighted by molar-refractivity contribution is 7.91. The summed E-state index contributed by atoms with van der Waals surface area (Å²) in [6.45, 7) is 1.11. The molecule has 1 amide bonds. The number of ether oxygens (including phenoxy) is 1. The van der Waals surface area contributed by atoms with E-state index < -0.39 is 55.9 Å². The second-order valence-corrected chi connectivity index (χ2v) is 7.83. The molecule has 1 atom stereocenters. The summed E-state index contributed by atoms with van der Waals surface area (Å²) in [6.07, 6.45) is -6.23. The van der Waals surface area contributed by atoms with E-state index in [1.54, 1.807) is 0 Å². The summed E-state index contributed by atoms with van der Waals surface area (Å²) in [5.74, 6) is -5.79. The van der Waals surface area contributed by atoms with E-state index in [-0.39, 0.29) is 5.56 Å². The van der Waals surface area contributed by atoms with E-state index in [4.69, 9.17) is 4.74 Å². The minimum absolute atomic E-state index is 0.251. The van der Waals surface area contributed by atoms with Gasteiger partial charge in [-0.05, 0) is 43.3 Å². The van der Waals surface area contributed by atoms with E-state index in [0.717, 1.165) is 49.4 Å². The van der Waals surface area contributed by atoms with Crippen LogP contribution in [-0.4, -0.2) is 32.2 Å². The molecule has 0 saturated heterocycles. The number of nitrogens with one attached hydrogen (secondary N) is 1. The monoisotopic (exact) mass is 451 g/mol. The molecule has 30 heavy (non-hydrogen) atoms. The number of esters is 1. The highest BCUT2D eigenvalue weighted by Gasteiger charge is 2.34. The zero-order valence-electron chi connectivity index (χ0n) is 15.1. The van der Waals surface area contributed by atoms with Crippen molar-refractivity contribution in [1.82, 2.24) is 0 Å². The third-order valence-electron chi connectivity index (χ3n) is 3.80. The Balaban J connectivity index is 2.09. The third kappa shape index (κ3) is 5.32. The Labute approximate surface area is 167 Å². The van der Waals surface area contributed by atoms with E-state index in [0.29, 0.717) is 0 Å². The molecule has 0 spiro atoms. The van der Waals surface area contributed by atoms with Gasteiger partial charge in [-0.15, -0.1) is 0 Å². The first-order valence-corrected chi connectivity index (χ1v) is 9.69. The van der Waals surface area contributed by atoms with Gasteiger partial charge >= 0.3 is 17.9 Å². The average molecular weight is 451 g/mol. The van der Waals surface area contributed by atoms with Crippen molar-refractivity contribution in [1.29, 1.82) is 0 Å². The second kappa shape index (κ2) is 8.78. The number of amides is 1. The quantitative estimate of drug-likeness (QED) is 0.532. The molecular formula is C18H14F5NO5S. The first kappa shape index (κ1) is 23.3. The van der Waals surface area contributed by atoms with Gasteiger partial charge in [-0.1, -0.05) is 12.1 Å². The fourth-order valence-corrected chi connectivity index (χ4v) is 2.96. The molecule has 0 bridgehead atoms. The summed E-state index contributed by atoms with van der Waals surface area (Å²) in [5, 5.41) is 2.02. The fraction of sp³-hybridized carbons (Fsp3) is 0.222. The molecule has 0 saturated carbocycles. The summed E-state index contributed by atoms with van der Waals surface area (Å²) in [7, 11) is -4.85. The molecular weight excluding hydrogens is 437 g/mol. The van der Waals surface area contributed by atoms with Gasteiger partial charge in [0.1, 0.15) is 0 Å². The lowest BCUT2D eigenvalue weighted by Crippen LogP contribution is -2.30. The number of sulfone groups is 1. The maximum atomic E-state index is 13.0. The average Bonchev–Trinajstić information content (AvgIpc) is 2.67. The maximum Gasteiger partial charge on any atom is 0.418 e. The number of benzene rings is 2. The van der Waals surface area contributed by atoms with Crippen LogP contribution in [0.2, 0.25) is 0 Å². The van der Waals surface area contributed by atoms with E-state index in [9.17, 15) is 40.0 Å². The Kier molecular flexibility index (Phi) is 6.80. The van der Waals surface area contributed by atoms with Crippen LogP contribution in [0.5, 0.6) is 0 Å². The molecule has 0 aromatic heterocycles. The predicted molar refractivity (Wildman–Crippen MR) is 94.6 cm³/mol. The van der Waals surface area contributed by atoms with Crippen LogP contribution >= 0.6 is 0 Å². The van der Waals surface area contributed by atoms with Crippen LogP contribution in [0.3, 0.4) is 0 Å². The Morgan fingerprint density at radius 1 is 1.00 bits per heavy atom. The summed E-state index contributed by atoms with van der Waals surface area (Å²) < 4.78 is 91.5. The van der Waals surface area contributed by atoms with Crippen LogP contribution in [-0.2, 0) is 25.5 Å². The minimum atomic E-state index is -4.85. The van der Waals surface area contributed by atoms with E-state index in [2.05, 4.69) is 0 Å². The maximum absolute atomic E-state index is 13.0. The number of halogens is 5. The number of hydrogen-bond donors (Lipinski definition) is 1. The van der Waals surface area contributed by atoms with Crippen LogP contribution in [0, 0.1) is 0 Å². The zero-order chi connectivity index (χ0) is 22.7. The number of alkyl halides is 5. The smallest absolute Gasteiger partial charge is 0.418 e. The van der Waals surface area contributed by atoms with Gasteiger partial charge in [0, 0.05) is 0 Å². The number of hydrogen-bond acceptors (Lipinski definition) is 5. The van der Waals surface area contributed by atoms with Crippen molar-refractivity contribution < 1.29 is 44.7 Å². The molecule has 2 aromatic rings. The van der Waals surface area contributed by atoms with Gasteiger partial charge in [0.2, 0.25) is 9.84 Å². The van der Waals surface area contributed by atoms with Crippen LogP contribution < -0.4 is 5.32 Å².